The fourth-order valence-corrected chi connectivity index (χ4v) is 1.17. The lowest BCUT2D eigenvalue weighted by Gasteiger charge is -2.03. The molecule has 0 amide bonds. The first kappa shape index (κ1) is 16.4. The third-order valence-electron chi connectivity index (χ3n) is 2.15. The van der Waals surface area contributed by atoms with Crippen LogP contribution < -0.4 is 10.8 Å². The van der Waals surface area contributed by atoms with Gasteiger partial charge in [-0.05, 0) is 18.9 Å². The van der Waals surface area contributed by atoms with Gasteiger partial charge in [-0.15, -0.1) is 0 Å². The Kier molecular flexibility index (Phi) is 7.04. The molecular formula is C12H16F3NO2. The van der Waals surface area contributed by atoms with E-state index in [-0.39, 0.29) is 0 Å². The van der Waals surface area contributed by atoms with Crippen molar-refractivity contribution in [3.63, 3.8) is 0 Å². The summed E-state index contributed by atoms with van der Waals surface area (Å²) in [5.41, 5.74) is 6.55. The summed E-state index contributed by atoms with van der Waals surface area (Å²) in [6.45, 7) is 2.21. The second-order valence-electron chi connectivity index (χ2n) is 3.66. The highest BCUT2D eigenvalue weighted by atomic mass is 19.4. The van der Waals surface area contributed by atoms with Crippen molar-refractivity contribution in [1.82, 2.24) is 0 Å². The van der Waals surface area contributed by atoms with Crippen molar-refractivity contribution in [3.8, 4) is 0 Å². The lowest BCUT2D eigenvalue weighted by molar-refractivity contribution is -0.344. The van der Waals surface area contributed by atoms with E-state index in [0.717, 1.165) is 0 Å². The van der Waals surface area contributed by atoms with Crippen LogP contribution in [0.25, 0.3) is 0 Å². The minimum absolute atomic E-state index is 1.18. The average molecular weight is 263 g/mol. The second kappa shape index (κ2) is 7.71. The number of alkyl halides is 3. The maximum absolute atomic E-state index is 10.5. The van der Waals surface area contributed by atoms with Crippen LogP contribution in [0.1, 0.15) is 25.3 Å². The van der Waals surface area contributed by atoms with E-state index >= 15 is 0 Å². The fourth-order valence-electron chi connectivity index (χ4n) is 1.17. The molecule has 0 aromatic heterocycles. The average Bonchev–Trinajstić information content (AvgIpc) is 2.27. The summed E-state index contributed by atoms with van der Waals surface area (Å²) in [6, 6.07) is 8.36. The van der Waals surface area contributed by atoms with Gasteiger partial charge in [-0.3, -0.25) is 0 Å². The molecule has 0 saturated heterocycles. The quantitative estimate of drug-likeness (QED) is 0.890. The molecular weight excluding hydrogens is 247 g/mol. The number of rotatable bonds is 3. The summed E-state index contributed by atoms with van der Waals surface area (Å²) in [6.07, 6.45) is -1.49. The van der Waals surface area contributed by atoms with Crippen molar-refractivity contribution >= 4 is 11.7 Å². The summed E-state index contributed by atoms with van der Waals surface area (Å²) in [7, 11) is 0. The van der Waals surface area contributed by atoms with Gasteiger partial charge in [-0.1, -0.05) is 31.5 Å². The number of quaternary nitrogens is 1. The van der Waals surface area contributed by atoms with Crippen LogP contribution in [0.5, 0.6) is 0 Å². The SMILES string of the molecule is CCCCc1ccccc1[NH3+].O=C([O-])C(F)(F)F. The predicted octanol–water partition coefficient (Wildman–Crippen LogP) is 1.20. The molecule has 0 spiro atoms. The standard InChI is InChI=1S/C10H15N.C2HF3O2/c1-2-3-6-9-7-4-5-8-10(9)11;3-2(4,5)1(6)7/h4-5,7-8H,2-3,6,11H2,1H3;(H,6,7). The number of unbranched alkanes of at least 4 members (excludes halogenated alkanes) is 1. The number of carbonyl (C=O) groups is 1. The van der Waals surface area contributed by atoms with Crippen LogP contribution in [0.15, 0.2) is 24.3 Å². The van der Waals surface area contributed by atoms with Crippen LogP contribution in [0.4, 0.5) is 18.9 Å². The lowest BCUT2D eigenvalue weighted by atomic mass is 10.1. The van der Waals surface area contributed by atoms with Gasteiger partial charge in [-0.2, -0.15) is 13.2 Å². The van der Waals surface area contributed by atoms with Crippen LogP contribution in [0, 0.1) is 0 Å². The Morgan fingerprint density at radius 1 is 1.33 bits per heavy atom. The maximum Gasteiger partial charge on any atom is 0.430 e. The van der Waals surface area contributed by atoms with Gasteiger partial charge in [0.05, 0.1) is 0 Å². The molecule has 0 aliphatic carbocycles. The molecule has 1 aromatic rings. The molecule has 3 nitrogen and oxygen atoms in total. The Balaban J connectivity index is 0.000000360. The van der Waals surface area contributed by atoms with Gasteiger partial charge < -0.3 is 15.6 Å². The Morgan fingerprint density at radius 3 is 2.22 bits per heavy atom. The van der Waals surface area contributed by atoms with Crippen LogP contribution in [0.3, 0.4) is 0 Å². The molecule has 0 fully saturated rings. The number of carbonyl (C=O) groups excluding carboxylic acids is 1. The van der Waals surface area contributed by atoms with E-state index in [4.69, 9.17) is 9.90 Å². The second-order valence-corrected chi connectivity index (χ2v) is 3.66. The number of halogens is 3. The molecule has 1 rings (SSSR count). The first-order valence-corrected chi connectivity index (χ1v) is 5.47. The van der Waals surface area contributed by atoms with Gasteiger partial charge >= 0.3 is 6.18 Å². The molecule has 0 aliphatic heterocycles. The first-order chi connectivity index (χ1) is 8.29. The molecule has 0 unspecified atom stereocenters. The van der Waals surface area contributed by atoms with Crippen LogP contribution in [-0.4, -0.2) is 12.1 Å². The number of carboxylic acid groups (broad SMARTS) is 1. The number of aryl methyl sites for hydroxylation is 1. The predicted molar refractivity (Wildman–Crippen MR) is 58.7 cm³/mol. The fraction of sp³-hybridized carbons (Fsp3) is 0.417. The molecule has 6 heteroatoms. The van der Waals surface area contributed by atoms with Gasteiger partial charge in [0.2, 0.25) is 0 Å². The molecule has 1 aromatic carbocycles. The third-order valence-corrected chi connectivity index (χ3v) is 2.15. The summed E-state index contributed by atoms with van der Waals surface area (Å²) in [4.78, 5) is 8.78. The van der Waals surface area contributed by atoms with Gasteiger partial charge in [0.1, 0.15) is 11.7 Å². The van der Waals surface area contributed by atoms with Gasteiger partial charge in [-0.25, -0.2) is 0 Å². The molecule has 0 heterocycles. The van der Waals surface area contributed by atoms with E-state index in [1.165, 1.54) is 30.5 Å². The number of benzene rings is 1. The molecule has 0 aliphatic rings. The van der Waals surface area contributed by atoms with Crippen molar-refractivity contribution in [1.29, 1.82) is 0 Å². The molecule has 0 bridgehead atoms. The summed E-state index contributed by atoms with van der Waals surface area (Å²) >= 11 is 0. The van der Waals surface area contributed by atoms with Gasteiger partial charge in [0.15, 0.2) is 0 Å². The zero-order valence-electron chi connectivity index (χ0n) is 10.1. The number of aliphatic carboxylic acids is 1. The van der Waals surface area contributed by atoms with Crippen molar-refractivity contribution in [2.75, 3.05) is 0 Å². The van der Waals surface area contributed by atoms with E-state index in [9.17, 15) is 13.2 Å². The normalized spacial score (nSPS) is 10.5. The van der Waals surface area contributed by atoms with E-state index in [2.05, 4.69) is 30.9 Å². The Hall–Kier alpha value is -1.56. The minimum atomic E-state index is -5.19. The smallest absolute Gasteiger partial charge is 0.430 e. The molecule has 0 saturated carbocycles. The van der Waals surface area contributed by atoms with Gasteiger partial charge in [0.25, 0.3) is 0 Å². The van der Waals surface area contributed by atoms with E-state index in [0.29, 0.717) is 0 Å². The zero-order valence-corrected chi connectivity index (χ0v) is 10.1. The topological polar surface area (TPSA) is 67.8 Å². The van der Waals surface area contributed by atoms with E-state index in [1.54, 1.807) is 0 Å². The van der Waals surface area contributed by atoms with Crippen molar-refractivity contribution < 1.29 is 28.8 Å². The highest BCUT2D eigenvalue weighted by Gasteiger charge is 2.28. The van der Waals surface area contributed by atoms with E-state index < -0.39 is 12.1 Å². The highest BCUT2D eigenvalue weighted by Crippen LogP contribution is 2.12. The molecule has 18 heavy (non-hydrogen) atoms. The summed E-state index contributed by atoms with van der Waals surface area (Å²) in [5, 5.41) is 8.78. The maximum atomic E-state index is 10.5. The summed E-state index contributed by atoms with van der Waals surface area (Å²) < 4.78 is 31.5. The molecule has 0 radical (unpaired) electrons. The van der Waals surface area contributed by atoms with Crippen LogP contribution in [-0.2, 0) is 11.2 Å². The Bertz CT molecular complexity index is 378. The number of hydrogen-bond donors (Lipinski definition) is 1. The molecule has 3 N–H and O–H groups in total. The van der Waals surface area contributed by atoms with E-state index in [1.807, 2.05) is 6.07 Å². The molecule has 0 atom stereocenters. The lowest BCUT2D eigenvalue weighted by Crippen LogP contribution is -2.41. The highest BCUT2D eigenvalue weighted by molar-refractivity contribution is 5.70. The first-order valence-electron chi connectivity index (χ1n) is 5.47. The van der Waals surface area contributed by atoms with Crippen molar-refractivity contribution in [3.05, 3.63) is 29.8 Å². The zero-order chi connectivity index (χ0) is 14.2. The number of carboxylic acids is 1. The van der Waals surface area contributed by atoms with Crippen molar-refractivity contribution in [2.45, 2.75) is 32.4 Å². The van der Waals surface area contributed by atoms with Crippen LogP contribution in [0.2, 0.25) is 0 Å². The van der Waals surface area contributed by atoms with Gasteiger partial charge in [0, 0.05) is 5.56 Å². The Morgan fingerprint density at radius 2 is 1.83 bits per heavy atom. The largest absolute Gasteiger partial charge is 0.542 e. The monoisotopic (exact) mass is 263 g/mol. The minimum Gasteiger partial charge on any atom is -0.542 e. The van der Waals surface area contributed by atoms with Crippen LogP contribution >= 0.6 is 0 Å². The number of hydrogen-bond acceptors (Lipinski definition) is 2. The van der Waals surface area contributed by atoms with Crippen molar-refractivity contribution in [2.24, 2.45) is 0 Å². The molecule has 102 valence electrons. The summed E-state index contributed by atoms with van der Waals surface area (Å²) in [5.74, 6) is -3.01. The Labute approximate surface area is 103 Å². The third kappa shape index (κ3) is 6.90.